The van der Waals surface area contributed by atoms with Crippen molar-refractivity contribution in [1.82, 2.24) is 19.0 Å². The molecule has 0 aromatic carbocycles. The summed E-state index contributed by atoms with van der Waals surface area (Å²) in [5.41, 5.74) is 6.18. The normalized spacial score (nSPS) is 17.7. The fourth-order valence-electron chi connectivity index (χ4n) is 1.97. The molecule has 9 nitrogen and oxygen atoms in total. The van der Waals surface area contributed by atoms with E-state index in [0.717, 1.165) is 4.31 Å². The topological polar surface area (TPSA) is 128 Å². The van der Waals surface area contributed by atoms with Crippen LogP contribution in [-0.2, 0) is 17.3 Å². The Hall–Kier alpha value is -1.65. The molecule has 0 spiro atoms. The lowest BCUT2D eigenvalue weighted by molar-refractivity contribution is 0.0692. The third-order valence-electron chi connectivity index (χ3n) is 2.95. The fourth-order valence-corrected chi connectivity index (χ4v) is 2.64. The van der Waals surface area contributed by atoms with Gasteiger partial charge in [0.1, 0.15) is 0 Å². The van der Waals surface area contributed by atoms with Crippen LogP contribution in [0.4, 0.5) is 5.69 Å². The van der Waals surface area contributed by atoms with Gasteiger partial charge >= 0.3 is 0 Å². The third-order valence-corrected chi connectivity index (χ3v) is 4.03. The lowest BCUT2D eigenvalue weighted by atomic mass is 10.3. The van der Waals surface area contributed by atoms with E-state index in [9.17, 15) is 13.2 Å². The second-order valence-corrected chi connectivity index (χ2v) is 5.89. The Morgan fingerprint density at radius 3 is 2.32 bits per heavy atom. The quantitative estimate of drug-likeness (QED) is 0.648. The number of amides is 1. The monoisotopic (exact) mass is 288 g/mol. The molecule has 0 bridgehead atoms. The summed E-state index contributed by atoms with van der Waals surface area (Å²) < 4.78 is 24.9. The zero-order valence-corrected chi connectivity index (χ0v) is 11.3. The summed E-state index contributed by atoms with van der Waals surface area (Å²) in [4.78, 5) is 13.7. The molecule has 1 aromatic heterocycles. The van der Waals surface area contributed by atoms with Crippen molar-refractivity contribution in [1.29, 1.82) is 0 Å². The number of nitrogens with two attached hydrogens (primary N) is 2. The van der Waals surface area contributed by atoms with E-state index in [1.807, 2.05) is 0 Å². The maximum atomic E-state index is 12.2. The molecule has 1 saturated heterocycles. The van der Waals surface area contributed by atoms with Crippen molar-refractivity contribution in [3.05, 3.63) is 11.9 Å². The lowest BCUT2D eigenvalue weighted by Gasteiger charge is -2.32. The Kier molecular flexibility index (Phi) is 3.47. The molecule has 10 heteroatoms. The number of hydrogen-bond donors (Lipinski definition) is 2. The van der Waals surface area contributed by atoms with Crippen LogP contribution < -0.4 is 10.9 Å². The van der Waals surface area contributed by atoms with Gasteiger partial charge in [-0.15, -0.1) is 0 Å². The molecule has 1 aliphatic rings. The van der Waals surface area contributed by atoms with Gasteiger partial charge in [0.2, 0.25) is 0 Å². The van der Waals surface area contributed by atoms with E-state index in [1.165, 1.54) is 9.58 Å². The van der Waals surface area contributed by atoms with Gasteiger partial charge in [0.05, 0.1) is 5.69 Å². The van der Waals surface area contributed by atoms with Gasteiger partial charge in [-0.2, -0.15) is 17.8 Å². The number of carbonyl (C=O) groups is 1. The largest absolute Gasteiger partial charge is 0.396 e. The standard InChI is InChI=1S/C9H16N6O3S/c1-13-6-7(10)8(12-13)9(16)14-2-4-15(5-3-14)19(11,17)18/h6H,2-5,10H2,1H3,(H2,11,17,18). The molecule has 1 aromatic rings. The maximum absolute atomic E-state index is 12.2. The predicted molar refractivity (Wildman–Crippen MR) is 68.2 cm³/mol. The van der Waals surface area contributed by atoms with Crippen LogP contribution in [0.25, 0.3) is 0 Å². The highest BCUT2D eigenvalue weighted by atomic mass is 32.2. The minimum Gasteiger partial charge on any atom is -0.396 e. The first-order valence-corrected chi connectivity index (χ1v) is 7.15. The van der Waals surface area contributed by atoms with Crippen molar-refractivity contribution in [2.24, 2.45) is 12.2 Å². The maximum Gasteiger partial charge on any atom is 0.277 e. The summed E-state index contributed by atoms with van der Waals surface area (Å²) in [6, 6.07) is 0. The van der Waals surface area contributed by atoms with Gasteiger partial charge in [-0.1, -0.05) is 0 Å². The van der Waals surface area contributed by atoms with E-state index in [2.05, 4.69) is 5.10 Å². The van der Waals surface area contributed by atoms with Crippen molar-refractivity contribution in [2.75, 3.05) is 31.9 Å². The molecule has 0 radical (unpaired) electrons. The molecule has 1 amide bonds. The number of carbonyl (C=O) groups excluding carboxylic acids is 1. The summed E-state index contributed by atoms with van der Waals surface area (Å²) >= 11 is 0. The summed E-state index contributed by atoms with van der Waals surface area (Å²) in [7, 11) is -2.02. The Labute approximate surface area is 110 Å². The molecule has 106 valence electrons. The number of aryl methyl sites for hydroxylation is 1. The van der Waals surface area contributed by atoms with Gasteiger partial charge in [0.25, 0.3) is 16.1 Å². The third kappa shape index (κ3) is 2.85. The molecule has 2 rings (SSSR count). The van der Waals surface area contributed by atoms with E-state index < -0.39 is 10.2 Å². The molecule has 0 saturated carbocycles. The molecule has 1 aliphatic heterocycles. The number of aromatic nitrogens is 2. The number of nitrogens with zero attached hydrogens (tertiary/aromatic N) is 4. The van der Waals surface area contributed by atoms with Gasteiger partial charge in [-0.05, 0) is 0 Å². The molecular weight excluding hydrogens is 272 g/mol. The molecule has 0 aliphatic carbocycles. The highest BCUT2D eigenvalue weighted by Gasteiger charge is 2.28. The highest BCUT2D eigenvalue weighted by molar-refractivity contribution is 7.86. The van der Waals surface area contributed by atoms with Gasteiger partial charge in [0, 0.05) is 39.4 Å². The van der Waals surface area contributed by atoms with Crippen molar-refractivity contribution < 1.29 is 13.2 Å². The zero-order chi connectivity index (χ0) is 14.2. The minimum atomic E-state index is -3.69. The zero-order valence-electron chi connectivity index (χ0n) is 10.5. The number of anilines is 1. The number of rotatable bonds is 2. The van der Waals surface area contributed by atoms with Crippen molar-refractivity contribution in [2.45, 2.75) is 0 Å². The first kappa shape index (κ1) is 13.8. The predicted octanol–water partition coefficient (Wildman–Crippen LogP) is -2.04. The molecule has 19 heavy (non-hydrogen) atoms. The number of hydrogen-bond acceptors (Lipinski definition) is 5. The fraction of sp³-hybridized carbons (Fsp3) is 0.556. The Bertz CT molecular complexity index is 587. The summed E-state index contributed by atoms with van der Waals surface area (Å²) in [6.45, 7) is 0.894. The summed E-state index contributed by atoms with van der Waals surface area (Å²) in [5.74, 6) is -0.299. The second-order valence-electron chi connectivity index (χ2n) is 4.34. The van der Waals surface area contributed by atoms with Crippen molar-refractivity contribution >= 4 is 21.8 Å². The Morgan fingerprint density at radius 2 is 1.89 bits per heavy atom. The number of nitrogen functional groups attached to an aromatic ring is 1. The smallest absolute Gasteiger partial charge is 0.277 e. The van der Waals surface area contributed by atoms with Gasteiger partial charge in [-0.3, -0.25) is 9.48 Å². The Balaban J connectivity index is 2.06. The van der Waals surface area contributed by atoms with Crippen LogP contribution in [0.1, 0.15) is 10.5 Å². The van der Waals surface area contributed by atoms with E-state index in [-0.39, 0.29) is 37.8 Å². The average molecular weight is 288 g/mol. The van der Waals surface area contributed by atoms with Crippen molar-refractivity contribution in [3.8, 4) is 0 Å². The minimum absolute atomic E-state index is 0.178. The van der Waals surface area contributed by atoms with Crippen LogP contribution in [0.5, 0.6) is 0 Å². The molecular formula is C9H16N6O3S. The van der Waals surface area contributed by atoms with Crippen LogP contribution >= 0.6 is 0 Å². The van der Waals surface area contributed by atoms with Gasteiger partial charge in [-0.25, -0.2) is 5.14 Å². The van der Waals surface area contributed by atoms with Crippen LogP contribution in [0, 0.1) is 0 Å². The van der Waals surface area contributed by atoms with Crippen molar-refractivity contribution in [3.63, 3.8) is 0 Å². The average Bonchev–Trinajstić information content (AvgIpc) is 2.66. The molecule has 4 N–H and O–H groups in total. The van der Waals surface area contributed by atoms with Crippen LogP contribution in [0.3, 0.4) is 0 Å². The second kappa shape index (κ2) is 4.79. The lowest BCUT2D eigenvalue weighted by Crippen LogP contribution is -2.52. The SMILES string of the molecule is Cn1cc(N)c(C(=O)N2CCN(S(N)(=O)=O)CC2)n1. The molecule has 1 fully saturated rings. The van der Waals surface area contributed by atoms with Gasteiger partial charge < -0.3 is 10.6 Å². The van der Waals surface area contributed by atoms with Crippen LogP contribution in [-0.4, -0.2) is 59.5 Å². The molecule has 0 atom stereocenters. The summed E-state index contributed by atoms with van der Waals surface area (Å²) in [5, 5.41) is 9.03. The Morgan fingerprint density at radius 1 is 1.32 bits per heavy atom. The first-order valence-electron chi connectivity index (χ1n) is 5.65. The highest BCUT2D eigenvalue weighted by Crippen LogP contribution is 2.13. The van der Waals surface area contributed by atoms with Crippen LogP contribution in [0.2, 0.25) is 0 Å². The van der Waals surface area contributed by atoms with E-state index in [0.29, 0.717) is 5.69 Å². The van der Waals surface area contributed by atoms with Crippen LogP contribution in [0.15, 0.2) is 6.20 Å². The molecule has 0 unspecified atom stereocenters. The molecule has 2 heterocycles. The van der Waals surface area contributed by atoms with E-state index in [1.54, 1.807) is 13.2 Å². The van der Waals surface area contributed by atoms with E-state index >= 15 is 0 Å². The first-order chi connectivity index (χ1) is 8.79. The number of piperazine rings is 1. The van der Waals surface area contributed by atoms with Gasteiger partial charge in [0.15, 0.2) is 5.69 Å². The summed E-state index contributed by atoms with van der Waals surface area (Å²) in [6.07, 6.45) is 1.55. The van der Waals surface area contributed by atoms with E-state index in [4.69, 9.17) is 10.9 Å².